The third-order valence-corrected chi connectivity index (χ3v) is 3.79. The normalized spacial score (nSPS) is 34.1. The first-order valence-electron chi connectivity index (χ1n) is 5.56. The second kappa shape index (κ2) is 3.89. The number of carbonyl (C=O) groups is 1. The smallest absolute Gasteiger partial charge is 0.322 e. The van der Waals surface area contributed by atoms with E-state index in [1.165, 1.54) is 32.8 Å². The van der Waals surface area contributed by atoms with Crippen molar-refractivity contribution in [3.63, 3.8) is 0 Å². The first-order valence-corrected chi connectivity index (χ1v) is 5.56. The first kappa shape index (κ1) is 9.97. The number of ether oxygens (including phenoxy) is 1. The zero-order chi connectivity index (χ0) is 10.1. The third-order valence-electron chi connectivity index (χ3n) is 3.79. The monoisotopic (exact) mass is 197 g/mol. The maximum Gasteiger partial charge on any atom is 0.322 e. The molecule has 0 spiro atoms. The molecule has 80 valence electrons. The van der Waals surface area contributed by atoms with Crippen LogP contribution in [0.4, 0.5) is 0 Å². The molecule has 2 aliphatic heterocycles. The van der Waals surface area contributed by atoms with Crippen LogP contribution in [0.2, 0.25) is 0 Å². The van der Waals surface area contributed by atoms with E-state index in [0.29, 0.717) is 6.04 Å². The lowest BCUT2D eigenvalue weighted by atomic mass is 9.79. The number of hydrogen-bond acceptors (Lipinski definition) is 3. The number of rotatable bonds is 2. The van der Waals surface area contributed by atoms with Crippen molar-refractivity contribution in [3.8, 4) is 0 Å². The maximum absolute atomic E-state index is 11.4. The van der Waals surface area contributed by atoms with E-state index in [9.17, 15) is 4.79 Å². The van der Waals surface area contributed by atoms with Crippen molar-refractivity contribution in [1.29, 1.82) is 0 Å². The third kappa shape index (κ3) is 1.65. The summed E-state index contributed by atoms with van der Waals surface area (Å²) in [7, 11) is 1.47. The van der Waals surface area contributed by atoms with Crippen molar-refractivity contribution < 1.29 is 9.53 Å². The Labute approximate surface area is 85.4 Å². The van der Waals surface area contributed by atoms with Gasteiger partial charge in [-0.15, -0.1) is 0 Å². The van der Waals surface area contributed by atoms with Crippen LogP contribution in [-0.4, -0.2) is 36.6 Å². The second-order valence-corrected chi connectivity index (χ2v) is 4.57. The van der Waals surface area contributed by atoms with E-state index in [2.05, 4.69) is 4.90 Å². The van der Waals surface area contributed by atoms with Crippen LogP contribution in [0.15, 0.2) is 0 Å². The Balaban J connectivity index is 2.01. The number of methoxy groups -OCH3 is 1. The van der Waals surface area contributed by atoms with Crippen molar-refractivity contribution >= 4 is 5.97 Å². The summed E-state index contributed by atoms with van der Waals surface area (Å²) in [5.74, 6) is 0.740. The standard InChI is InChI=1S/C11H19NO2/c1-8(11(13)14-2)12-7-9-3-5-10(12)6-4-9/h8-10H,3-7H2,1-2H3. The predicted molar refractivity (Wildman–Crippen MR) is 53.9 cm³/mol. The fraction of sp³-hybridized carbons (Fsp3) is 0.909. The summed E-state index contributed by atoms with van der Waals surface area (Å²) in [4.78, 5) is 13.8. The molecule has 0 aromatic rings. The average molecular weight is 197 g/mol. The molecule has 2 heterocycles. The predicted octanol–water partition coefficient (Wildman–Crippen LogP) is 1.42. The van der Waals surface area contributed by atoms with Gasteiger partial charge in [-0.2, -0.15) is 0 Å². The number of piperidine rings is 2. The highest BCUT2D eigenvalue weighted by atomic mass is 16.5. The molecule has 3 nitrogen and oxygen atoms in total. The molecule has 14 heavy (non-hydrogen) atoms. The van der Waals surface area contributed by atoms with Gasteiger partial charge in [-0.3, -0.25) is 9.69 Å². The molecule has 0 amide bonds. The van der Waals surface area contributed by atoms with Gasteiger partial charge in [0.15, 0.2) is 0 Å². The van der Waals surface area contributed by atoms with Crippen LogP contribution in [0.5, 0.6) is 0 Å². The number of hydrogen-bond donors (Lipinski definition) is 0. The van der Waals surface area contributed by atoms with Crippen LogP contribution < -0.4 is 0 Å². The van der Waals surface area contributed by atoms with E-state index < -0.39 is 0 Å². The van der Waals surface area contributed by atoms with Crippen molar-refractivity contribution in [1.82, 2.24) is 4.90 Å². The molecule has 2 saturated heterocycles. The van der Waals surface area contributed by atoms with Crippen LogP contribution in [0, 0.1) is 5.92 Å². The lowest BCUT2D eigenvalue weighted by Gasteiger charge is -2.47. The van der Waals surface area contributed by atoms with Gasteiger partial charge in [0.25, 0.3) is 0 Å². The molecular weight excluding hydrogens is 178 g/mol. The van der Waals surface area contributed by atoms with Crippen LogP contribution in [-0.2, 0) is 9.53 Å². The first-order chi connectivity index (χ1) is 6.72. The SMILES string of the molecule is COC(=O)C(C)N1CC2CCC1CC2. The van der Waals surface area contributed by atoms with E-state index in [4.69, 9.17) is 4.74 Å². The van der Waals surface area contributed by atoms with Gasteiger partial charge in [-0.25, -0.2) is 0 Å². The Morgan fingerprint density at radius 3 is 2.43 bits per heavy atom. The number of nitrogens with zero attached hydrogens (tertiary/aromatic N) is 1. The van der Waals surface area contributed by atoms with E-state index in [-0.39, 0.29) is 12.0 Å². The highest BCUT2D eigenvalue weighted by Gasteiger charge is 2.38. The lowest BCUT2D eigenvalue weighted by molar-refractivity contribution is -0.149. The molecular formula is C11H19NO2. The Hall–Kier alpha value is -0.570. The minimum absolute atomic E-state index is 0.0481. The van der Waals surface area contributed by atoms with Gasteiger partial charge in [-0.05, 0) is 38.5 Å². The molecule has 0 aromatic carbocycles. The van der Waals surface area contributed by atoms with Gasteiger partial charge in [0.05, 0.1) is 7.11 Å². The van der Waals surface area contributed by atoms with Gasteiger partial charge in [0, 0.05) is 12.6 Å². The average Bonchev–Trinajstić information content (AvgIpc) is 2.28. The summed E-state index contributed by atoms with van der Waals surface area (Å²) in [5.41, 5.74) is 0. The lowest BCUT2D eigenvalue weighted by Crippen LogP contribution is -2.54. The van der Waals surface area contributed by atoms with E-state index in [0.717, 1.165) is 12.5 Å². The maximum atomic E-state index is 11.4. The molecule has 0 N–H and O–H groups in total. The highest BCUT2D eigenvalue weighted by molar-refractivity contribution is 5.75. The summed E-state index contributed by atoms with van der Waals surface area (Å²) < 4.78 is 4.79. The van der Waals surface area contributed by atoms with Crippen LogP contribution in [0.1, 0.15) is 32.6 Å². The van der Waals surface area contributed by atoms with Crippen LogP contribution in [0.25, 0.3) is 0 Å². The molecule has 1 aliphatic carbocycles. The summed E-state index contributed by atoms with van der Waals surface area (Å²) in [5, 5.41) is 0. The Morgan fingerprint density at radius 2 is 2.00 bits per heavy atom. The molecule has 3 fully saturated rings. The minimum atomic E-state index is -0.0856. The molecule has 1 atom stereocenters. The van der Waals surface area contributed by atoms with E-state index in [1.807, 2.05) is 6.92 Å². The molecule has 3 rings (SSSR count). The minimum Gasteiger partial charge on any atom is -0.468 e. The van der Waals surface area contributed by atoms with Crippen LogP contribution in [0.3, 0.4) is 0 Å². The Morgan fingerprint density at radius 1 is 1.36 bits per heavy atom. The van der Waals surface area contributed by atoms with Gasteiger partial charge in [-0.1, -0.05) is 0 Å². The van der Waals surface area contributed by atoms with Crippen molar-refractivity contribution in [2.45, 2.75) is 44.7 Å². The quantitative estimate of drug-likeness (QED) is 0.627. The summed E-state index contributed by atoms with van der Waals surface area (Å²) in [6.07, 6.45) is 5.25. The summed E-state index contributed by atoms with van der Waals surface area (Å²) >= 11 is 0. The Bertz CT molecular complexity index is 221. The molecule has 3 heteroatoms. The highest BCUT2D eigenvalue weighted by Crippen LogP contribution is 2.35. The van der Waals surface area contributed by atoms with Crippen molar-refractivity contribution in [2.75, 3.05) is 13.7 Å². The molecule has 0 aromatic heterocycles. The summed E-state index contributed by atoms with van der Waals surface area (Å²) in [6, 6.07) is 0.585. The van der Waals surface area contributed by atoms with Gasteiger partial charge >= 0.3 is 5.97 Å². The second-order valence-electron chi connectivity index (χ2n) is 4.57. The number of fused-ring (bicyclic) bond motifs is 3. The van der Waals surface area contributed by atoms with E-state index >= 15 is 0 Å². The zero-order valence-electron chi connectivity index (χ0n) is 9.03. The van der Waals surface area contributed by atoms with Crippen LogP contribution >= 0.6 is 0 Å². The molecule has 0 radical (unpaired) electrons. The molecule has 1 saturated carbocycles. The largest absolute Gasteiger partial charge is 0.468 e. The number of carbonyl (C=O) groups excluding carboxylic acids is 1. The molecule has 2 bridgehead atoms. The topological polar surface area (TPSA) is 29.5 Å². The Kier molecular flexibility index (Phi) is 2.77. The zero-order valence-corrected chi connectivity index (χ0v) is 9.03. The fourth-order valence-corrected chi connectivity index (χ4v) is 2.89. The number of esters is 1. The molecule has 3 aliphatic rings. The summed E-state index contributed by atoms with van der Waals surface area (Å²) in [6.45, 7) is 3.06. The van der Waals surface area contributed by atoms with Gasteiger partial charge in [0.2, 0.25) is 0 Å². The molecule has 1 unspecified atom stereocenters. The fourth-order valence-electron chi connectivity index (χ4n) is 2.89. The van der Waals surface area contributed by atoms with Gasteiger partial charge in [0.1, 0.15) is 6.04 Å². The van der Waals surface area contributed by atoms with E-state index in [1.54, 1.807) is 0 Å². The van der Waals surface area contributed by atoms with Crippen molar-refractivity contribution in [3.05, 3.63) is 0 Å². The van der Waals surface area contributed by atoms with Gasteiger partial charge < -0.3 is 4.74 Å². The van der Waals surface area contributed by atoms with Crippen molar-refractivity contribution in [2.24, 2.45) is 5.92 Å².